The van der Waals surface area contributed by atoms with Gasteiger partial charge in [-0.25, -0.2) is 9.59 Å². The number of carboxylic acids is 2. The van der Waals surface area contributed by atoms with Gasteiger partial charge in [-0.3, -0.25) is 14.4 Å². The lowest BCUT2D eigenvalue weighted by molar-refractivity contribution is -0.121. The van der Waals surface area contributed by atoms with E-state index in [9.17, 15) is 24.0 Å². The molecule has 0 atom stereocenters. The van der Waals surface area contributed by atoms with Gasteiger partial charge in [-0.2, -0.15) is 0 Å². The molecule has 12 nitrogen and oxygen atoms in total. The van der Waals surface area contributed by atoms with Gasteiger partial charge in [0.15, 0.2) is 0 Å². The Morgan fingerprint density at radius 1 is 0.643 bits per heavy atom. The molecule has 0 aliphatic heterocycles. The molecule has 15 heteroatoms. The molecule has 28 heavy (non-hydrogen) atoms. The lowest BCUT2D eigenvalue weighted by Gasteiger charge is -2.13. The number of hydrogen-bond acceptors (Lipinski definition) is 7. The summed E-state index contributed by atoms with van der Waals surface area (Å²) in [5, 5.41) is 33.5. The highest BCUT2D eigenvalue weighted by molar-refractivity contribution is 14.1. The van der Waals surface area contributed by atoms with E-state index in [0.29, 0.717) is 0 Å². The van der Waals surface area contributed by atoms with Crippen LogP contribution in [0.25, 0.3) is 0 Å². The summed E-state index contributed by atoms with van der Waals surface area (Å²) in [4.78, 5) is 52.3. The van der Waals surface area contributed by atoms with Crippen molar-refractivity contribution in [2.45, 2.75) is 0 Å². The minimum absolute atomic E-state index is 0.0754. The van der Waals surface area contributed by atoms with E-state index in [4.69, 9.17) is 26.2 Å². The fraction of sp³-hybridized carbons (Fsp3) is 0.154. The molecule has 0 aliphatic carbocycles. The molecule has 0 heterocycles. The van der Waals surface area contributed by atoms with Gasteiger partial charge in [-0.15, -0.1) is 0 Å². The molecule has 0 unspecified atom stereocenters. The number of primary amides is 3. The van der Waals surface area contributed by atoms with Crippen LogP contribution in [0, 0.1) is 10.7 Å². The van der Waals surface area contributed by atoms with E-state index in [-0.39, 0.29) is 27.4 Å². The zero-order valence-corrected chi connectivity index (χ0v) is 20.1. The maximum atomic E-state index is 11.3. The van der Waals surface area contributed by atoms with Crippen LogP contribution in [-0.2, 0) is 9.59 Å². The highest BCUT2D eigenvalue weighted by Gasteiger charge is 2.29. The van der Waals surface area contributed by atoms with Crippen LogP contribution < -0.4 is 17.2 Å². The molecular weight excluding hydrogens is 723 g/mol. The first-order valence-corrected chi connectivity index (χ1v) is 9.73. The zero-order chi connectivity index (χ0) is 22.8. The van der Waals surface area contributed by atoms with Crippen molar-refractivity contribution in [3.63, 3.8) is 0 Å². The monoisotopic (exact) mass is 737 g/mol. The van der Waals surface area contributed by atoms with Gasteiger partial charge in [0, 0.05) is 10.7 Å². The number of rotatable bonds is 5. The van der Waals surface area contributed by atoms with E-state index in [1.165, 1.54) is 0 Å². The van der Waals surface area contributed by atoms with Gasteiger partial charge in [0.05, 0.1) is 16.7 Å². The first kappa shape index (κ1) is 28.9. The second-order valence-corrected chi connectivity index (χ2v) is 7.53. The Morgan fingerprint density at radius 2 is 0.857 bits per heavy atom. The van der Waals surface area contributed by atoms with E-state index in [2.05, 4.69) is 11.5 Å². The van der Waals surface area contributed by atoms with Gasteiger partial charge < -0.3 is 37.6 Å². The van der Waals surface area contributed by atoms with Crippen molar-refractivity contribution in [3.8, 4) is 0 Å². The first-order valence-electron chi connectivity index (χ1n) is 6.49. The molecule has 1 aromatic rings. The van der Waals surface area contributed by atoms with Crippen molar-refractivity contribution in [1.82, 2.24) is 0 Å². The summed E-state index contributed by atoms with van der Waals surface area (Å²) in [5.41, 5.74) is 13.5. The number of aliphatic hydroxyl groups is 2. The Labute approximate surface area is 198 Å². The largest absolute Gasteiger partial charge is 0.478 e. The van der Waals surface area contributed by atoms with E-state index >= 15 is 0 Å². The molecule has 0 bridgehead atoms. The molecule has 3 amide bonds. The van der Waals surface area contributed by atoms with Crippen molar-refractivity contribution < 1.29 is 44.4 Å². The van der Waals surface area contributed by atoms with Gasteiger partial charge in [-0.1, -0.05) is 0 Å². The number of aromatic carboxylic acids is 2. The average Bonchev–Trinajstić information content (AvgIpc) is 2.54. The molecule has 0 aliphatic rings. The SMILES string of the molecule is NC(=O)CO.NC(=O)CO.NC(=O)c1c(I)c(C(=O)O)c(I)c(C(=O)O)c1I. The predicted octanol–water partition coefficient (Wildman–Crippen LogP) is -1.08. The van der Waals surface area contributed by atoms with Gasteiger partial charge >= 0.3 is 11.9 Å². The Balaban J connectivity index is 0. The lowest BCUT2D eigenvalue weighted by atomic mass is 10.1. The zero-order valence-electron chi connectivity index (χ0n) is 13.6. The van der Waals surface area contributed by atoms with Crippen LogP contribution in [0.3, 0.4) is 0 Å². The van der Waals surface area contributed by atoms with Crippen LogP contribution >= 0.6 is 67.8 Å². The smallest absolute Gasteiger partial charge is 0.337 e. The molecule has 156 valence electrons. The van der Waals surface area contributed by atoms with Crippen LogP contribution in [0.1, 0.15) is 31.1 Å². The van der Waals surface area contributed by atoms with Crippen LogP contribution in [0.4, 0.5) is 0 Å². The molecule has 0 saturated carbocycles. The molecule has 0 spiro atoms. The van der Waals surface area contributed by atoms with Crippen LogP contribution in [-0.4, -0.2) is 63.3 Å². The fourth-order valence-corrected chi connectivity index (χ4v) is 5.88. The Kier molecular flexibility index (Phi) is 14.2. The van der Waals surface area contributed by atoms with Crippen molar-refractivity contribution in [2.24, 2.45) is 17.2 Å². The number of carboxylic acid groups (broad SMARTS) is 2. The first-order chi connectivity index (χ1) is 12.7. The van der Waals surface area contributed by atoms with E-state index in [1.807, 2.05) is 0 Å². The molecule has 0 saturated heterocycles. The molecule has 0 radical (unpaired) electrons. The minimum Gasteiger partial charge on any atom is -0.478 e. The topological polar surface area (TPSA) is 244 Å². The molecule has 0 aromatic heterocycles. The van der Waals surface area contributed by atoms with Crippen LogP contribution in [0.5, 0.6) is 0 Å². The molecule has 0 fully saturated rings. The number of amides is 3. The van der Waals surface area contributed by atoms with Gasteiger partial charge in [-0.05, 0) is 67.8 Å². The molecule has 1 rings (SSSR count). The number of hydrogen-bond donors (Lipinski definition) is 7. The second kappa shape index (κ2) is 13.8. The van der Waals surface area contributed by atoms with Gasteiger partial charge in [0.1, 0.15) is 13.2 Å². The lowest BCUT2D eigenvalue weighted by Crippen LogP contribution is -2.22. The van der Waals surface area contributed by atoms with Crippen LogP contribution in [0.2, 0.25) is 0 Å². The van der Waals surface area contributed by atoms with Crippen molar-refractivity contribution in [3.05, 3.63) is 27.4 Å². The van der Waals surface area contributed by atoms with E-state index in [0.717, 1.165) is 0 Å². The van der Waals surface area contributed by atoms with E-state index in [1.54, 1.807) is 67.8 Å². The van der Waals surface area contributed by atoms with E-state index < -0.39 is 42.9 Å². The maximum Gasteiger partial charge on any atom is 0.337 e. The number of carbonyl (C=O) groups excluding carboxylic acids is 3. The van der Waals surface area contributed by atoms with Gasteiger partial charge in [0.2, 0.25) is 11.8 Å². The third-order valence-electron chi connectivity index (χ3n) is 2.30. The number of nitrogens with two attached hydrogens (primary N) is 3. The summed E-state index contributed by atoms with van der Waals surface area (Å²) in [6, 6.07) is 0. The van der Waals surface area contributed by atoms with Gasteiger partial charge in [0.25, 0.3) is 5.91 Å². The summed E-state index contributed by atoms with van der Waals surface area (Å²) in [7, 11) is 0. The quantitative estimate of drug-likeness (QED) is 0.182. The second-order valence-electron chi connectivity index (χ2n) is 4.29. The Morgan fingerprint density at radius 3 is 1.00 bits per heavy atom. The highest BCUT2D eigenvalue weighted by atomic mass is 127. The number of halogens is 3. The molecule has 10 N–H and O–H groups in total. The summed E-state index contributed by atoms with van der Waals surface area (Å²) in [6.07, 6.45) is 0. The van der Waals surface area contributed by atoms with Crippen molar-refractivity contribution in [2.75, 3.05) is 13.2 Å². The number of aliphatic hydroxyl groups excluding tert-OH is 2. The fourth-order valence-electron chi connectivity index (χ4n) is 1.26. The third kappa shape index (κ3) is 9.25. The number of carbonyl (C=O) groups is 5. The summed E-state index contributed by atoms with van der Waals surface area (Å²) in [5.74, 6) is -4.84. The highest BCUT2D eigenvalue weighted by Crippen LogP contribution is 2.31. The van der Waals surface area contributed by atoms with Crippen molar-refractivity contribution >= 4 is 97.4 Å². The average molecular weight is 737 g/mol. The summed E-state index contributed by atoms with van der Waals surface area (Å²) < 4.78 is 0.365. The summed E-state index contributed by atoms with van der Waals surface area (Å²) >= 11 is 5.00. The minimum atomic E-state index is -1.30. The Bertz CT molecular complexity index is 683. The predicted molar refractivity (Wildman–Crippen MR) is 120 cm³/mol. The van der Waals surface area contributed by atoms with Crippen LogP contribution in [0.15, 0.2) is 0 Å². The molecule has 1 aromatic carbocycles. The summed E-state index contributed by atoms with van der Waals surface area (Å²) in [6.45, 7) is -1.11. The number of benzene rings is 1. The Hall–Kier alpha value is -1.32. The molecular formula is C13H14I3N3O9. The third-order valence-corrected chi connectivity index (χ3v) is 5.54. The standard InChI is InChI=1S/C9H4I3NO5.2C2H5NO2/c10-4-1(7(13)14)5(11)3(9(17)18)6(12)2(4)8(15)16;2*3-2(5)1-4/h(H2,13,14)(H,15,16)(H,17,18);2*4H,1H2,(H2,3,5). The van der Waals surface area contributed by atoms with Crippen molar-refractivity contribution in [1.29, 1.82) is 0 Å². The normalized spacial score (nSPS) is 9.18. The maximum absolute atomic E-state index is 11.3.